The molecule has 47 heavy (non-hydrogen) atoms. The van der Waals surface area contributed by atoms with E-state index in [-0.39, 0.29) is 36.5 Å². The average molecular weight is 653 g/mol. The van der Waals surface area contributed by atoms with Gasteiger partial charge in [-0.2, -0.15) is 0 Å². The number of aliphatic hydroxyl groups is 2. The zero-order valence-electron chi connectivity index (χ0n) is 26.1. The third-order valence-corrected chi connectivity index (χ3v) is 10.1. The number of likely N-dealkylation sites (tertiary alicyclic amines) is 1. The van der Waals surface area contributed by atoms with Crippen molar-refractivity contribution in [2.24, 2.45) is 5.92 Å². The smallest absolute Gasteiger partial charge is 0.266 e. The van der Waals surface area contributed by atoms with Crippen LogP contribution in [0.4, 0.5) is 5.69 Å². The summed E-state index contributed by atoms with van der Waals surface area (Å²) >= 11 is 6.08. The van der Waals surface area contributed by atoms with Crippen molar-refractivity contribution in [3.63, 3.8) is 0 Å². The number of carbonyl (C=O) groups is 2. The molecular formula is C38H37ClN2O6. The molecule has 0 saturated carbocycles. The minimum Gasteiger partial charge on any atom is -0.392 e. The summed E-state index contributed by atoms with van der Waals surface area (Å²) < 4.78 is 13.3. The monoisotopic (exact) mass is 652 g/mol. The van der Waals surface area contributed by atoms with Crippen molar-refractivity contribution >= 4 is 29.1 Å². The van der Waals surface area contributed by atoms with Gasteiger partial charge in [0.1, 0.15) is 0 Å². The summed E-state index contributed by atoms with van der Waals surface area (Å²) in [4.78, 5) is 29.7. The largest absolute Gasteiger partial charge is 0.392 e. The molecule has 0 radical (unpaired) electrons. The van der Waals surface area contributed by atoms with Crippen molar-refractivity contribution in [3.05, 3.63) is 135 Å². The third-order valence-electron chi connectivity index (χ3n) is 9.84. The van der Waals surface area contributed by atoms with Gasteiger partial charge in [0.25, 0.3) is 11.8 Å². The lowest BCUT2D eigenvalue weighted by Crippen LogP contribution is -2.49. The van der Waals surface area contributed by atoms with Gasteiger partial charge < -0.3 is 24.6 Å². The van der Waals surface area contributed by atoms with Crippen LogP contribution >= 0.6 is 11.6 Å². The lowest BCUT2D eigenvalue weighted by atomic mass is 9.84. The van der Waals surface area contributed by atoms with E-state index in [1.165, 1.54) is 4.90 Å². The lowest BCUT2D eigenvalue weighted by Gasteiger charge is -2.45. The topological polar surface area (TPSA) is 99.5 Å². The molecule has 4 aromatic rings. The quantitative estimate of drug-likeness (QED) is 0.223. The first kappa shape index (κ1) is 31.7. The van der Waals surface area contributed by atoms with Crippen LogP contribution in [-0.2, 0) is 21.7 Å². The lowest BCUT2D eigenvalue weighted by molar-refractivity contribution is -0.277. The molecule has 3 heterocycles. The molecule has 4 unspecified atom stereocenters. The number of benzene rings is 4. The second-order valence-corrected chi connectivity index (χ2v) is 13.2. The number of anilines is 1. The molecule has 2 amide bonds. The van der Waals surface area contributed by atoms with E-state index in [9.17, 15) is 19.8 Å². The van der Waals surface area contributed by atoms with Gasteiger partial charge in [-0.25, -0.2) is 4.90 Å². The Hall–Kier alpha value is -3.89. The summed E-state index contributed by atoms with van der Waals surface area (Å²) in [6, 6.07) is 29.3. The maximum atomic E-state index is 13.1. The molecular weight excluding hydrogens is 616 g/mol. The van der Waals surface area contributed by atoms with Gasteiger partial charge in [0, 0.05) is 36.1 Å². The van der Waals surface area contributed by atoms with Crippen LogP contribution < -0.4 is 4.90 Å². The fourth-order valence-electron chi connectivity index (χ4n) is 6.94. The predicted molar refractivity (Wildman–Crippen MR) is 178 cm³/mol. The van der Waals surface area contributed by atoms with Gasteiger partial charge in [0.05, 0.1) is 41.2 Å². The summed E-state index contributed by atoms with van der Waals surface area (Å²) in [6.07, 6.45) is 0.0416. The summed E-state index contributed by atoms with van der Waals surface area (Å²) in [5, 5.41) is 21.7. The standard InChI is InChI=1S/C38H37ClN2O6/c1-24-33(22-40-20-18-38(45,19-21-40)28-12-14-29(39)15-13-28)46-37(47-34(24)26-8-6-25(23-42)7-9-26)27-10-16-30(17-11-27)41-35(43)31-4-2-3-5-32(31)36(41)44/h2-17,24,33-34,37,42,45H,18-23H2,1H3. The highest BCUT2D eigenvalue weighted by Gasteiger charge is 2.42. The number of aliphatic hydroxyl groups excluding tert-OH is 1. The molecule has 3 aliphatic heterocycles. The van der Waals surface area contributed by atoms with E-state index in [1.807, 2.05) is 60.7 Å². The van der Waals surface area contributed by atoms with Crippen LogP contribution in [0, 0.1) is 5.92 Å². The molecule has 0 aliphatic carbocycles. The first-order valence-electron chi connectivity index (χ1n) is 16.0. The molecule has 2 fully saturated rings. The fourth-order valence-corrected chi connectivity index (χ4v) is 7.07. The van der Waals surface area contributed by atoms with Crippen LogP contribution in [0.3, 0.4) is 0 Å². The Balaban J connectivity index is 1.10. The van der Waals surface area contributed by atoms with E-state index in [0.717, 1.165) is 22.3 Å². The number of ether oxygens (including phenoxy) is 2. The normalized spacial score (nSPS) is 24.4. The number of fused-ring (bicyclic) bond motifs is 1. The van der Waals surface area contributed by atoms with Gasteiger partial charge >= 0.3 is 0 Å². The summed E-state index contributed by atoms with van der Waals surface area (Å²) in [6.45, 7) is 4.18. The highest BCUT2D eigenvalue weighted by molar-refractivity contribution is 6.34. The van der Waals surface area contributed by atoms with Gasteiger partial charge in [-0.05, 0) is 65.9 Å². The number of halogens is 1. The number of imide groups is 1. The molecule has 0 aromatic heterocycles. The Kier molecular flexibility index (Phi) is 8.74. The third kappa shape index (κ3) is 6.13. The first-order valence-corrected chi connectivity index (χ1v) is 16.4. The van der Waals surface area contributed by atoms with Crippen molar-refractivity contribution < 1.29 is 29.3 Å². The van der Waals surface area contributed by atoms with Crippen molar-refractivity contribution in [2.75, 3.05) is 24.5 Å². The van der Waals surface area contributed by atoms with E-state index < -0.39 is 11.9 Å². The Bertz CT molecular complexity index is 1720. The van der Waals surface area contributed by atoms with Crippen LogP contribution in [0.2, 0.25) is 5.02 Å². The summed E-state index contributed by atoms with van der Waals surface area (Å²) in [7, 11) is 0. The molecule has 9 heteroatoms. The van der Waals surface area contributed by atoms with Crippen LogP contribution in [-0.4, -0.2) is 52.7 Å². The van der Waals surface area contributed by atoms with Crippen molar-refractivity contribution in [1.82, 2.24) is 4.90 Å². The molecule has 3 aliphatic rings. The molecule has 4 atom stereocenters. The van der Waals surface area contributed by atoms with Gasteiger partial charge in [-0.1, -0.05) is 79.2 Å². The van der Waals surface area contributed by atoms with E-state index in [4.69, 9.17) is 21.1 Å². The van der Waals surface area contributed by atoms with Gasteiger partial charge in [-0.15, -0.1) is 0 Å². The molecule has 0 bridgehead atoms. The van der Waals surface area contributed by atoms with E-state index in [0.29, 0.717) is 54.3 Å². The molecule has 4 aromatic carbocycles. The van der Waals surface area contributed by atoms with Gasteiger partial charge in [0.2, 0.25) is 0 Å². The van der Waals surface area contributed by atoms with E-state index >= 15 is 0 Å². The molecule has 242 valence electrons. The fraction of sp³-hybridized carbons (Fsp3) is 0.316. The second-order valence-electron chi connectivity index (χ2n) is 12.7. The number of nitrogens with zero attached hydrogens (tertiary/aromatic N) is 2. The number of amides is 2. The molecule has 7 rings (SSSR count). The number of rotatable bonds is 7. The Morgan fingerprint density at radius 2 is 1.40 bits per heavy atom. The Morgan fingerprint density at radius 3 is 2.00 bits per heavy atom. The zero-order valence-corrected chi connectivity index (χ0v) is 26.8. The minimum absolute atomic E-state index is 0.000854. The second kappa shape index (κ2) is 13.0. The summed E-state index contributed by atoms with van der Waals surface area (Å²) in [5.41, 5.74) is 3.86. The molecule has 8 nitrogen and oxygen atoms in total. The molecule has 0 spiro atoms. The number of hydrogen-bond donors (Lipinski definition) is 2. The molecule has 2 saturated heterocycles. The maximum Gasteiger partial charge on any atom is 0.266 e. The number of carbonyl (C=O) groups excluding carboxylic acids is 2. The van der Waals surface area contributed by atoms with Crippen molar-refractivity contribution in [3.8, 4) is 0 Å². The van der Waals surface area contributed by atoms with Gasteiger partial charge in [0.15, 0.2) is 6.29 Å². The number of piperidine rings is 1. The van der Waals surface area contributed by atoms with Crippen LogP contribution in [0.25, 0.3) is 0 Å². The highest BCUT2D eigenvalue weighted by Crippen LogP contribution is 2.43. The zero-order chi connectivity index (χ0) is 32.7. The molecule has 2 N–H and O–H groups in total. The van der Waals surface area contributed by atoms with E-state index in [2.05, 4.69) is 11.8 Å². The highest BCUT2D eigenvalue weighted by atomic mass is 35.5. The maximum absolute atomic E-state index is 13.1. The van der Waals surface area contributed by atoms with Crippen LogP contribution in [0.15, 0.2) is 97.1 Å². The van der Waals surface area contributed by atoms with Crippen molar-refractivity contribution in [2.45, 2.75) is 50.5 Å². The van der Waals surface area contributed by atoms with Crippen molar-refractivity contribution in [1.29, 1.82) is 0 Å². The first-order chi connectivity index (χ1) is 22.7. The van der Waals surface area contributed by atoms with Crippen LogP contribution in [0.1, 0.15) is 75.1 Å². The Labute approximate surface area is 279 Å². The summed E-state index contributed by atoms with van der Waals surface area (Å²) in [5.74, 6) is -0.678. The predicted octanol–water partition coefficient (Wildman–Crippen LogP) is 6.41. The van der Waals surface area contributed by atoms with E-state index in [1.54, 1.807) is 36.4 Å². The minimum atomic E-state index is -0.899. The Morgan fingerprint density at radius 1 is 0.809 bits per heavy atom. The SMILES string of the molecule is CC1C(CN2CCC(O)(c3ccc(Cl)cc3)CC2)OC(c2ccc(N3C(=O)c4ccccc4C3=O)cc2)OC1c1ccc(CO)cc1. The number of hydrogen-bond acceptors (Lipinski definition) is 7. The van der Waals surface area contributed by atoms with Crippen LogP contribution in [0.5, 0.6) is 0 Å². The van der Waals surface area contributed by atoms with Gasteiger partial charge in [-0.3, -0.25) is 9.59 Å². The average Bonchev–Trinajstić information content (AvgIpc) is 3.36.